The van der Waals surface area contributed by atoms with Crippen LogP contribution >= 0.6 is 0 Å². The van der Waals surface area contributed by atoms with E-state index in [2.05, 4.69) is 12.2 Å². The smallest absolute Gasteiger partial charge is 0.308 e. The molecule has 0 aliphatic carbocycles. The van der Waals surface area contributed by atoms with Gasteiger partial charge in [-0.15, -0.1) is 0 Å². The predicted molar refractivity (Wildman–Crippen MR) is 67.1 cm³/mol. The summed E-state index contributed by atoms with van der Waals surface area (Å²) in [6.45, 7) is 1.91. The fourth-order valence-corrected chi connectivity index (χ4v) is 2.50. The highest BCUT2D eigenvalue weighted by molar-refractivity contribution is 5.70. The van der Waals surface area contributed by atoms with E-state index in [1.54, 1.807) is 0 Å². The van der Waals surface area contributed by atoms with Crippen LogP contribution in [-0.2, 0) is 14.3 Å². The molecule has 4 nitrogen and oxygen atoms in total. The van der Waals surface area contributed by atoms with E-state index in [0.717, 1.165) is 25.7 Å². The van der Waals surface area contributed by atoms with Crippen molar-refractivity contribution < 1.29 is 19.4 Å². The zero-order valence-electron chi connectivity index (χ0n) is 10.9. The third kappa shape index (κ3) is 3.82. The Hall–Kier alpha value is -0.870. The molecule has 4 heteroatoms. The molecule has 0 aromatic heterocycles. The fraction of sp³-hybridized carbons (Fsp3) is 0.786. The molecule has 2 aliphatic rings. The lowest BCUT2D eigenvalue weighted by Gasteiger charge is -2.32. The zero-order valence-corrected chi connectivity index (χ0v) is 10.9. The first-order valence-electron chi connectivity index (χ1n) is 6.85. The summed E-state index contributed by atoms with van der Waals surface area (Å²) >= 11 is 0. The molecule has 18 heavy (non-hydrogen) atoms. The molecule has 2 bridgehead atoms. The minimum Gasteiger partial charge on any atom is -0.463 e. The van der Waals surface area contributed by atoms with Crippen molar-refractivity contribution in [3.63, 3.8) is 0 Å². The van der Waals surface area contributed by atoms with E-state index in [1.807, 2.05) is 6.92 Å². The lowest BCUT2D eigenvalue weighted by molar-refractivity contribution is -0.160. The van der Waals surface area contributed by atoms with Gasteiger partial charge < -0.3 is 14.6 Å². The lowest BCUT2D eigenvalue weighted by atomic mass is 9.98. The van der Waals surface area contributed by atoms with Gasteiger partial charge in [0, 0.05) is 0 Å². The first-order valence-corrected chi connectivity index (χ1v) is 6.85. The molecule has 1 fully saturated rings. The average Bonchev–Trinajstić information content (AvgIpc) is 2.31. The number of fused-ring (bicyclic) bond motifs is 2. The van der Waals surface area contributed by atoms with Gasteiger partial charge in [0.05, 0.1) is 30.8 Å². The maximum atomic E-state index is 11.7. The van der Waals surface area contributed by atoms with Crippen LogP contribution in [0.5, 0.6) is 0 Å². The topological polar surface area (TPSA) is 55.8 Å². The SMILES string of the molecule is C[C@H]1CCC/C=C\[C@H]2CC[C@H](O)[C@@H](CC(=O)O1)O2. The van der Waals surface area contributed by atoms with Crippen LogP contribution in [0.4, 0.5) is 0 Å². The molecule has 102 valence electrons. The van der Waals surface area contributed by atoms with Crippen molar-refractivity contribution in [2.45, 2.75) is 69.9 Å². The second-order valence-corrected chi connectivity index (χ2v) is 5.22. The first-order chi connectivity index (χ1) is 8.65. The van der Waals surface area contributed by atoms with Crippen LogP contribution in [0.3, 0.4) is 0 Å². The number of hydrogen-bond donors (Lipinski definition) is 1. The molecule has 2 heterocycles. The van der Waals surface area contributed by atoms with Crippen LogP contribution in [0.2, 0.25) is 0 Å². The molecule has 1 saturated heterocycles. The van der Waals surface area contributed by atoms with E-state index in [-0.39, 0.29) is 24.6 Å². The van der Waals surface area contributed by atoms with Crippen molar-refractivity contribution in [1.29, 1.82) is 0 Å². The van der Waals surface area contributed by atoms with Gasteiger partial charge in [-0.1, -0.05) is 12.2 Å². The molecule has 0 amide bonds. The van der Waals surface area contributed by atoms with Gasteiger partial charge in [-0.2, -0.15) is 0 Å². The molecule has 0 saturated carbocycles. The third-order valence-corrected chi connectivity index (χ3v) is 3.56. The maximum Gasteiger partial charge on any atom is 0.308 e. The number of ether oxygens (including phenoxy) is 2. The maximum absolute atomic E-state index is 11.7. The van der Waals surface area contributed by atoms with Crippen molar-refractivity contribution in [2.75, 3.05) is 0 Å². The number of hydrogen-bond acceptors (Lipinski definition) is 4. The molecule has 0 aromatic rings. The molecule has 2 rings (SSSR count). The Balaban J connectivity index is 2.03. The molecule has 0 radical (unpaired) electrons. The Bertz CT molecular complexity index is 313. The number of allylic oxidation sites excluding steroid dienone is 1. The lowest BCUT2D eigenvalue weighted by Crippen LogP contribution is -2.40. The minimum atomic E-state index is -0.555. The third-order valence-electron chi connectivity index (χ3n) is 3.56. The highest BCUT2D eigenvalue weighted by atomic mass is 16.5. The van der Waals surface area contributed by atoms with Crippen molar-refractivity contribution in [3.05, 3.63) is 12.2 Å². The number of carbonyl (C=O) groups excluding carboxylic acids is 1. The Labute approximate surface area is 108 Å². The summed E-state index contributed by atoms with van der Waals surface area (Å²) in [6.07, 6.45) is 7.73. The van der Waals surface area contributed by atoms with E-state index in [9.17, 15) is 9.90 Å². The second kappa shape index (κ2) is 6.34. The zero-order chi connectivity index (χ0) is 13.0. The molecular formula is C14H22O4. The van der Waals surface area contributed by atoms with Crippen molar-refractivity contribution >= 4 is 5.97 Å². The Morgan fingerprint density at radius 2 is 2.17 bits per heavy atom. The van der Waals surface area contributed by atoms with Crippen LogP contribution in [0, 0.1) is 0 Å². The second-order valence-electron chi connectivity index (χ2n) is 5.22. The highest BCUT2D eigenvalue weighted by Gasteiger charge is 2.31. The molecule has 4 atom stereocenters. The number of rotatable bonds is 0. The summed E-state index contributed by atoms with van der Waals surface area (Å²) in [5.74, 6) is -0.267. The van der Waals surface area contributed by atoms with Crippen LogP contribution < -0.4 is 0 Å². The summed E-state index contributed by atoms with van der Waals surface area (Å²) in [5, 5.41) is 9.85. The van der Waals surface area contributed by atoms with Crippen molar-refractivity contribution in [1.82, 2.24) is 0 Å². The normalized spacial score (nSPS) is 40.2. The predicted octanol–water partition coefficient (Wildman–Crippen LogP) is 1.96. The largest absolute Gasteiger partial charge is 0.463 e. The number of aliphatic hydroxyl groups excluding tert-OH is 1. The number of aliphatic hydroxyl groups is 1. The van der Waals surface area contributed by atoms with Gasteiger partial charge in [0.25, 0.3) is 0 Å². The Morgan fingerprint density at radius 3 is 3.00 bits per heavy atom. The van der Waals surface area contributed by atoms with Crippen LogP contribution in [0.25, 0.3) is 0 Å². The highest BCUT2D eigenvalue weighted by Crippen LogP contribution is 2.24. The van der Waals surface area contributed by atoms with E-state index < -0.39 is 12.2 Å². The minimum absolute atomic E-state index is 0.0306. The van der Waals surface area contributed by atoms with Crippen molar-refractivity contribution in [2.24, 2.45) is 0 Å². The van der Waals surface area contributed by atoms with Gasteiger partial charge in [-0.25, -0.2) is 0 Å². The van der Waals surface area contributed by atoms with Crippen molar-refractivity contribution in [3.8, 4) is 0 Å². The molecular weight excluding hydrogens is 232 g/mol. The van der Waals surface area contributed by atoms with E-state index in [0.29, 0.717) is 6.42 Å². The molecule has 0 aromatic carbocycles. The van der Waals surface area contributed by atoms with Gasteiger partial charge >= 0.3 is 5.97 Å². The summed E-state index contributed by atoms with van der Waals surface area (Å²) in [7, 11) is 0. The summed E-state index contributed by atoms with van der Waals surface area (Å²) in [4.78, 5) is 11.7. The van der Waals surface area contributed by atoms with Crippen LogP contribution in [0.1, 0.15) is 45.4 Å². The monoisotopic (exact) mass is 254 g/mol. The fourth-order valence-electron chi connectivity index (χ4n) is 2.50. The molecule has 1 N–H and O–H groups in total. The van der Waals surface area contributed by atoms with Gasteiger partial charge in [-0.3, -0.25) is 4.79 Å². The van der Waals surface area contributed by atoms with E-state index in [1.165, 1.54) is 0 Å². The number of carbonyl (C=O) groups is 1. The Morgan fingerprint density at radius 1 is 1.33 bits per heavy atom. The van der Waals surface area contributed by atoms with Crippen LogP contribution in [-0.4, -0.2) is 35.5 Å². The van der Waals surface area contributed by atoms with Gasteiger partial charge in [0.1, 0.15) is 0 Å². The van der Waals surface area contributed by atoms with E-state index in [4.69, 9.17) is 9.47 Å². The summed E-state index contributed by atoms with van der Waals surface area (Å²) in [5.41, 5.74) is 0. The Kier molecular flexibility index (Phi) is 4.78. The summed E-state index contributed by atoms with van der Waals surface area (Å²) < 4.78 is 11.0. The molecule has 0 spiro atoms. The van der Waals surface area contributed by atoms with Gasteiger partial charge in [0.2, 0.25) is 0 Å². The van der Waals surface area contributed by atoms with Gasteiger partial charge in [0.15, 0.2) is 0 Å². The standard InChI is InChI=1S/C14H22O4/c1-10-5-3-2-4-6-11-7-8-12(15)13(18-11)9-14(16)17-10/h4,6,10-13,15H,2-3,5,7-9H2,1H3/b6-4-/t10-,11-,12-,13+/m0/s1. The van der Waals surface area contributed by atoms with E-state index >= 15 is 0 Å². The number of cyclic esters (lactones) is 1. The quantitative estimate of drug-likeness (QED) is 0.530. The average molecular weight is 254 g/mol. The summed E-state index contributed by atoms with van der Waals surface area (Å²) in [6, 6.07) is 0. The molecule has 2 aliphatic heterocycles. The van der Waals surface area contributed by atoms with Crippen LogP contribution in [0.15, 0.2) is 12.2 Å². The van der Waals surface area contributed by atoms with Gasteiger partial charge in [-0.05, 0) is 39.0 Å². The first kappa shape index (κ1) is 13.6. The molecule has 0 unspecified atom stereocenters. The number of esters is 1.